The van der Waals surface area contributed by atoms with E-state index in [0.29, 0.717) is 17.3 Å². The van der Waals surface area contributed by atoms with E-state index in [9.17, 15) is 18.8 Å². The molecule has 0 saturated heterocycles. The van der Waals surface area contributed by atoms with Gasteiger partial charge in [0.05, 0.1) is 0 Å². The van der Waals surface area contributed by atoms with Crippen LogP contribution >= 0.6 is 11.8 Å². The van der Waals surface area contributed by atoms with Gasteiger partial charge in [-0.25, -0.2) is 14.4 Å². The number of nitrogens with zero attached hydrogens (tertiary/aromatic N) is 3. The van der Waals surface area contributed by atoms with Gasteiger partial charge in [0.15, 0.2) is 11.8 Å². The summed E-state index contributed by atoms with van der Waals surface area (Å²) in [6.07, 6.45) is 2.26. The molecular formula is C21H25FN4O4S. The van der Waals surface area contributed by atoms with Crippen molar-refractivity contribution in [2.45, 2.75) is 38.3 Å². The number of anilines is 1. The maximum Gasteiger partial charge on any atom is 0.306 e. The average Bonchev–Trinajstić information content (AvgIpc) is 2.72. The summed E-state index contributed by atoms with van der Waals surface area (Å²) in [6.45, 7) is 3.21. The van der Waals surface area contributed by atoms with E-state index in [1.165, 1.54) is 40.9 Å². The molecule has 0 aliphatic carbocycles. The third-order valence-electron chi connectivity index (χ3n) is 4.54. The molecule has 8 nitrogen and oxygen atoms in total. The molecule has 0 spiro atoms. The van der Waals surface area contributed by atoms with Gasteiger partial charge in [0, 0.05) is 36.5 Å². The predicted octanol–water partition coefficient (Wildman–Crippen LogP) is 2.34. The fourth-order valence-corrected chi connectivity index (χ4v) is 3.38. The quantitative estimate of drug-likeness (QED) is 0.337. The van der Waals surface area contributed by atoms with Crippen LogP contribution in [0.3, 0.4) is 0 Å². The van der Waals surface area contributed by atoms with Crippen LogP contribution in [0.15, 0.2) is 29.4 Å². The summed E-state index contributed by atoms with van der Waals surface area (Å²) in [5.41, 5.74) is 8.02. The van der Waals surface area contributed by atoms with Gasteiger partial charge in [0.25, 0.3) is 5.91 Å². The summed E-state index contributed by atoms with van der Waals surface area (Å²) in [5, 5.41) is 0.670. The summed E-state index contributed by atoms with van der Waals surface area (Å²) in [4.78, 5) is 45.9. The molecule has 0 aliphatic rings. The topological polar surface area (TPSA) is 115 Å². The molecule has 1 heterocycles. The summed E-state index contributed by atoms with van der Waals surface area (Å²) in [5.74, 6) is -2.13. The number of aromatic nitrogens is 2. The fourth-order valence-electron chi connectivity index (χ4n) is 2.92. The van der Waals surface area contributed by atoms with Crippen molar-refractivity contribution in [3.63, 3.8) is 0 Å². The van der Waals surface area contributed by atoms with Crippen LogP contribution in [0.4, 0.5) is 10.1 Å². The molecular weight excluding hydrogens is 423 g/mol. The van der Waals surface area contributed by atoms with Gasteiger partial charge in [-0.2, -0.15) is 0 Å². The largest absolute Gasteiger partial charge is 0.456 e. The lowest BCUT2D eigenvalue weighted by Gasteiger charge is -2.22. The molecule has 0 unspecified atom stereocenters. The van der Waals surface area contributed by atoms with E-state index in [2.05, 4.69) is 9.97 Å². The molecule has 0 radical (unpaired) electrons. The van der Waals surface area contributed by atoms with E-state index in [1.807, 2.05) is 20.1 Å². The van der Waals surface area contributed by atoms with Crippen molar-refractivity contribution in [2.75, 3.05) is 24.3 Å². The Kier molecular flexibility index (Phi) is 8.92. The lowest BCUT2D eigenvalue weighted by atomic mass is 10.1. The number of thioether (sulfide) groups is 1. The van der Waals surface area contributed by atoms with Crippen molar-refractivity contribution in [2.24, 2.45) is 5.73 Å². The molecule has 0 aliphatic heterocycles. The van der Waals surface area contributed by atoms with Crippen molar-refractivity contribution in [1.82, 2.24) is 9.97 Å². The Bertz CT molecular complexity index is 930. The second kappa shape index (κ2) is 11.4. The van der Waals surface area contributed by atoms with E-state index in [1.54, 1.807) is 0 Å². The minimum atomic E-state index is -0.586. The van der Waals surface area contributed by atoms with Crippen LogP contribution in [-0.2, 0) is 25.5 Å². The minimum Gasteiger partial charge on any atom is -0.456 e. The van der Waals surface area contributed by atoms with Gasteiger partial charge in [0.1, 0.15) is 5.82 Å². The van der Waals surface area contributed by atoms with Crippen LogP contribution in [0.1, 0.15) is 29.8 Å². The molecule has 1 aromatic heterocycles. The summed E-state index contributed by atoms with van der Waals surface area (Å²) in [7, 11) is 0. The van der Waals surface area contributed by atoms with Crippen LogP contribution in [-0.4, -0.2) is 47.2 Å². The van der Waals surface area contributed by atoms with Crippen LogP contribution in [0.2, 0.25) is 0 Å². The highest BCUT2D eigenvalue weighted by Gasteiger charge is 2.19. The van der Waals surface area contributed by atoms with Gasteiger partial charge in [-0.3, -0.25) is 14.4 Å². The maximum atomic E-state index is 13.2. The van der Waals surface area contributed by atoms with Gasteiger partial charge >= 0.3 is 5.97 Å². The van der Waals surface area contributed by atoms with Crippen molar-refractivity contribution in [1.29, 1.82) is 0 Å². The molecule has 2 amide bonds. The van der Waals surface area contributed by atoms with Crippen LogP contribution in [0, 0.1) is 19.7 Å². The average molecular weight is 449 g/mol. The van der Waals surface area contributed by atoms with Crippen molar-refractivity contribution in [3.05, 3.63) is 47.0 Å². The second-order valence-corrected chi connectivity index (χ2v) is 7.53. The number of nitrogens with two attached hydrogens (primary N) is 1. The molecule has 31 heavy (non-hydrogen) atoms. The normalized spacial score (nSPS) is 10.6. The Morgan fingerprint density at radius 1 is 1.10 bits per heavy atom. The van der Waals surface area contributed by atoms with Gasteiger partial charge in [0.2, 0.25) is 5.91 Å². The van der Waals surface area contributed by atoms with E-state index in [0.717, 1.165) is 17.0 Å². The van der Waals surface area contributed by atoms with Crippen LogP contribution in [0.5, 0.6) is 0 Å². The molecule has 0 atom stereocenters. The van der Waals surface area contributed by atoms with Gasteiger partial charge in [-0.1, -0.05) is 11.8 Å². The van der Waals surface area contributed by atoms with E-state index < -0.39 is 30.2 Å². The standard InChI is InChI=1S/C21H25FN4O4S/c1-13-17(14(2)25-21(24-13)31-3)8-9-20(29)30-12-19(28)26(11-10-18(23)27)16-6-4-15(22)5-7-16/h4-7H,8-12H2,1-3H3,(H2,23,27). The Balaban J connectivity index is 1.96. The number of aryl methyl sites for hydroxylation is 2. The Morgan fingerprint density at radius 2 is 1.71 bits per heavy atom. The van der Waals surface area contributed by atoms with E-state index in [-0.39, 0.29) is 19.4 Å². The first kappa shape index (κ1) is 24.3. The first-order chi connectivity index (χ1) is 14.7. The minimum absolute atomic E-state index is 0.00509. The number of carbonyl (C=O) groups excluding carboxylic acids is 3. The Morgan fingerprint density at radius 3 is 2.26 bits per heavy atom. The lowest BCUT2D eigenvalue weighted by Crippen LogP contribution is -2.37. The molecule has 2 rings (SSSR count). The van der Waals surface area contributed by atoms with Crippen molar-refractivity contribution < 1.29 is 23.5 Å². The molecule has 2 aromatic rings. The highest BCUT2D eigenvalue weighted by molar-refractivity contribution is 7.98. The number of primary amides is 1. The first-order valence-electron chi connectivity index (χ1n) is 9.59. The zero-order valence-corrected chi connectivity index (χ0v) is 18.5. The Labute approximate surface area is 184 Å². The zero-order chi connectivity index (χ0) is 23.0. The Hall–Kier alpha value is -3.01. The number of amides is 2. The van der Waals surface area contributed by atoms with Gasteiger partial charge < -0.3 is 15.4 Å². The number of esters is 1. The summed E-state index contributed by atoms with van der Waals surface area (Å²) < 4.78 is 18.3. The molecule has 1 aromatic carbocycles. The van der Waals surface area contributed by atoms with Crippen LogP contribution in [0.25, 0.3) is 0 Å². The highest BCUT2D eigenvalue weighted by atomic mass is 32.2. The van der Waals surface area contributed by atoms with E-state index in [4.69, 9.17) is 10.5 Å². The highest BCUT2D eigenvalue weighted by Crippen LogP contribution is 2.18. The number of rotatable bonds is 10. The number of halogens is 1. The number of benzene rings is 1. The number of ether oxygens (including phenoxy) is 1. The zero-order valence-electron chi connectivity index (χ0n) is 17.7. The molecule has 10 heteroatoms. The monoisotopic (exact) mass is 448 g/mol. The maximum absolute atomic E-state index is 13.2. The van der Waals surface area contributed by atoms with Crippen LogP contribution < -0.4 is 10.6 Å². The van der Waals surface area contributed by atoms with Gasteiger partial charge in [-0.05, 0) is 56.4 Å². The number of hydrogen-bond donors (Lipinski definition) is 1. The van der Waals surface area contributed by atoms with Crippen molar-refractivity contribution >= 4 is 35.2 Å². The third-order valence-corrected chi connectivity index (χ3v) is 5.09. The molecule has 0 bridgehead atoms. The van der Waals surface area contributed by atoms with Gasteiger partial charge in [-0.15, -0.1) is 0 Å². The lowest BCUT2D eigenvalue weighted by molar-refractivity contribution is -0.147. The fraction of sp³-hybridized carbons (Fsp3) is 0.381. The molecule has 2 N–H and O–H groups in total. The van der Waals surface area contributed by atoms with Crippen molar-refractivity contribution in [3.8, 4) is 0 Å². The predicted molar refractivity (Wildman–Crippen MR) is 115 cm³/mol. The molecule has 166 valence electrons. The molecule has 0 saturated carbocycles. The number of carbonyl (C=O) groups is 3. The second-order valence-electron chi connectivity index (χ2n) is 6.76. The van der Waals surface area contributed by atoms with E-state index >= 15 is 0 Å². The summed E-state index contributed by atoms with van der Waals surface area (Å²) >= 11 is 1.44. The number of hydrogen-bond acceptors (Lipinski definition) is 7. The smallest absolute Gasteiger partial charge is 0.306 e. The summed E-state index contributed by atoms with van der Waals surface area (Å²) in [6, 6.07) is 5.20. The SMILES string of the molecule is CSc1nc(C)c(CCC(=O)OCC(=O)N(CCC(N)=O)c2ccc(F)cc2)c(C)n1. The first-order valence-corrected chi connectivity index (χ1v) is 10.8. The third kappa shape index (κ3) is 7.32. The molecule has 0 fully saturated rings.